The monoisotopic (exact) mass is 413 g/mol. The molecule has 2 unspecified atom stereocenters. The first-order valence-electron chi connectivity index (χ1n) is 9.84. The van der Waals surface area contributed by atoms with Crippen LogP contribution in [0.5, 0.6) is 5.75 Å². The third-order valence-corrected chi connectivity index (χ3v) is 4.40. The molecule has 0 bridgehead atoms. The number of hydrogen-bond acceptors (Lipinski definition) is 6. The average molecular weight is 414 g/mol. The van der Waals surface area contributed by atoms with Gasteiger partial charge < -0.3 is 24.8 Å². The summed E-state index contributed by atoms with van der Waals surface area (Å²) in [6, 6.07) is 8.30. The molecule has 0 fully saturated rings. The van der Waals surface area contributed by atoms with Crippen LogP contribution in [0.1, 0.15) is 45.6 Å². The number of ether oxygens (including phenoxy) is 2. The maximum Gasteiger partial charge on any atom is 0.414 e. The number of para-hydroxylation sites is 1. The topological polar surface area (TPSA) is 117 Å². The van der Waals surface area contributed by atoms with Crippen molar-refractivity contribution in [1.29, 1.82) is 0 Å². The lowest BCUT2D eigenvalue weighted by Gasteiger charge is -2.30. The zero-order valence-electron chi connectivity index (χ0n) is 17.8. The minimum Gasteiger partial charge on any atom is -0.496 e. The van der Waals surface area contributed by atoms with E-state index in [1.165, 1.54) is 12.8 Å². The Morgan fingerprint density at radius 2 is 1.76 bits per heavy atom. The summed E-state index contributed by atoms with van der Waals surface area (Å²) in [5.41, 5.74) is 1.01. The number of hydrogen-bond donors (Lipinski definition) is 3. The number of carboxylic acid groups (broad SMARTS) is 2. The highest BCUT2D eigenvalue weighted by Gasteiger charge is 2.16. The molecule has 166 valence electrons. The lowest BCUT2D eigenvalue weighted by molar-refractivity contribution is -0.159. The van der Waals surface area contributed by atoms with Crippen LogP contribution < -0.4 is 4.74 Å². The number of benzene rings is 1. The fraction of sp³-hybridized carbons (Fsp3) is 0.619. The Kier molecular flexibility index (Phi) is 14.6. The summed E-state index contributed by atoms with van der Waals surface area (Å²) in [4.78, 5) is 20.6. The number of carboxylic acids is 2. The van der Waals surface area contributed by atoms with Crippen LogP contribution in [0, 0.1) is 0 Å². The fourth-order valence-electron chi connectivity index (χ4n) is 2.56. The molecule has 0 saturated carbocycles. The van der Waals surface area contributed by atoms with Gasteiger partial charge >= 0.3 is 11.9 Å². The van der Waals surface area contributed by atoms with E-state index in [-0.39, 0.29) is 0 Å². The number of unbranched alkanes of at least 4 members (excludes halogenated alkanes) is 1. The van der Waals surface area contributed by atoms with E-state index < -0.39 is 18.0 Å². The van der Waals surface area contributed by atoms with Gasteiger partial charge in [0.2, 0.25) is 0 Å². The molecule has 2 atom stereocenters. The summed E-state index contributed by atoms with van der Waals surface area (Å²) in [6.45, 7) is 9.11. The Labute approximate surface area is 173 Å². The number of aliphatic hydroxyl groups is 1. The molecule has 0 spiro atoms. The third-order valence-electron chi connectivity index (χ3n) is 4.40. The van der Waals surface area contributed by atoms with Gasteiger partial charge in [-0.1, -0.05) is 38.5 Å². The quantitative estimate of drug-likeness (QED) is 0.448. The molecule has 0 aromatic heterocycles. The maximum absolute atomic E-state index is 10.3. The molecule has 3 N–H and O–H groups in total. The Morgan fingerprint density at radius 1 is 1.14 bits per heavy atom. The van der Waals surface area contributed by atoms with Gasteiger partial charge in [-0.25, -0.2) is 9.59 Å². The van der Waals surface area contributed by atoms with Crippen molar-refractivity contribution in [3.8, 4) is 5.75 Å². The normalized spacial score (nSPS) is 12.6. The number of aliphatic hydroxyl groups excluding tert-OH is 1. The van der Waals surface area contributed by atoms with Crippen LogP contribution in [-0.2, 0) is 20.9 Å². The molecule has 1 aromatic carbocycles. The number of methoxy groups -OCH3 is 1. The summed E-state index contributed by atoms with van der Waals surface area (Å²) < 4.78 is 11.0. The van der Waals surface area contributed by atoms with Crippen molar-refractivity contribution in [2.75, 3.05) is 26.8 Å². The van der Waals surface area contributed by atoms with Gasteiger partial charge in [-0.2, -0.15) is 0 Å². The van der Waals surface area contributed by atoms with E-state index in [1.807, 2.05) is 24.3 Å². The fourth-order valence-corrected chi connectivity index (χ4v) is 2.56. The van der Waals surface area contributed by atoms with E-state index in [2.05, 4.69) is 25.7 Å². The van der Waals surface area contributed by atoms with Gasteiger partial charge in [0, 0.05) is 18.2 Å². The highest BCUT2D eigenvalue weighted by atomic mass is 16.5. The predicted octanol–water partition coefficient (Wildman–Crippen LogP) is 2.63. The summed E-state index contributed by atoms with van der Waals surface area (Å²) in [5, 5.41) is 25.1. The first-order chi connectivity index (χ1) is 13.8. The lowest BCUT2D eigenvalue weighted by atomic mass is 10.1. The van der Waals surface area contributed by atoms with Crippen molar-refractivity contribution < 1.29 is 34.4 Å². The second-order valence-corrected chi connectivity index (χ2v) is 6.70. The van der Waals surface area contributed by atoms with E-state index in [0.717, 1.165) is 24.3 Å². The molecule has 29 heavy (non-hydrogen) atoms. The van der Waals surface area contributed by atoms with Crippen LogP contribution >= 0.6 is 0 Å². The Bertz CT molecular complexity index is 582. The smallest absolute Gasteiger partial charge is 0.414 e. The molecule has 0 aliphatic rings. The molecule has 8 heteroatoms. The summed E-state index contributed by atoms with van der Waals surface area (Å²) in [7, 11) is 1.66. The number of nitrogens with zero attached hydrogens (tertiary/aromatic N) is 1. The minimum absolute atomic E-state index is 0.344. The minimum atomic E-state index is -1.82. The Morgan fingerprint density at radius 3 is 2.28 bits per heavy atom. The van der Waals surface area contributed by atoms with Crippen LogP contribution in [0.25, 0.3) is 0 Å². The highest BCUT2D eigenvalue weighted by Crippen LogP contribution is 2.18. The van der Waals surface area contributed by atoms with Gasteiger partial charge in [-0.3, -0.25) is 4.90 Å². The average Bonchev–Trinajstić information content (AvgIpc) is 2.71. The molecule has 1 rings (SSSR count). The second kappa shape index (κ2) is 15.7. The largest absolute Gasteiger partial charge is 0.496 e. The Balaban J connectivity index is 0.00000113. The predicted molar refractivity (Wildman–Crippen MR) is 110 cm³/mol. The van der Waals surface area contributed by atoms with Gasteiger partial charge in [0.15, 0.2) is 0 Å². The first-order valence-corrected chi connectivity index (χ1v) is 9.84. The first kappa shape index (κ1) is 26.8. The summed E-state index contributed by atoms with van der Waals surface area (Å²) in [6.07, 6.45) is 2.97. The molecule has 0 heterocycles. The van der Waals surface area contributed by atoms with Crippen LogP contribution in [0.15, 0.2) is 24.3 Å². The van der Waals surface area contributed by atoms with E-state index in [4.69, 9.17) is 29.3 Å². The van der Waals surface area contributed by atoms with Gasteiger partial charge in [0.25, 0.3) is 0 Å². The molecule has 8 nitrogen and oxygen atoms in total. The van der Waals surface area contributed by atoms with Gasteiger partial charge in [-0.05, 0) is 32.4 Å². The van der Waals surface area contributed by atoms with E-state index in [9.17, 15) is 5.11 Å². The van der Waals surface area contributed by atoms with Crippen LogP contribution in [0.3, 0.4) is 0 Å². The molecule has 0 aliphatic carbocycles. The molecule has 0 saturated heterocycles. The van der Waals surface area contributed by atoms with E-state index in [1.54, 1.807) is 7.11 Å². The van der Waals surface area contributed by atoms with Crippen molar-refractivity contribution in [2.45, 2.75) is 58.8 Å². The second-order valence-electron chi connectivity index (χ2n) is 6.70. The van der Waals surface area contributed by atoms with E-state index >= 15 is 0 Å². The SMILES string of the molecule is CCCCN(CC(O)COCc1ccccc1OC)C(C)CC.O=C(O)C(=O)O. The van der Waals surface area contributed by atoms with Gasteiger partial charge in [-0.15, -0.1) is 0 Å². The zero-order chi connectivity index (χ0) is 22.2. The van der Waals surface area contributed by atoms with Crippen molar-refractivity contribution in [2.24, 2.45) is 0 Å². The van der Waals surface area contributed by atoms with Crippen molar-refractivity contribution in [3.05, 3.63) is 29.8 Å². The van der Waals surface area contributed by atoms with Gasteiger partial charge in [0.05, 0.1) is 26.4 Å². The highest BCUT2D eigenvalue weighted by molar-refractivity contribution is 6.27. The molecular formula is C21H35NO7. The molecule has 1 aromatic rings. The Hall–Kier alpha value is -2.16. The van der Waals surface area contributed by atoms with Crippen molar-refractivity contribution >= 4 is 11.9 Å². The van der Waals surface area contributed by atoms with Crippen LogP contribution in [0.2, 0.25) is 0 Å². The van der Waals surface area contributed by atoms with E-state index in [0.29, 0.717) is 25.8 Å². The third kappa shape index (κ3) is 12.1. The summed E-state index contributed by atoms with van der Waals surface area (Å²) in [5.74, 6) is -2.82. The lowest BCUT2D eigenvalue weighted by Crippen LogP contribution is -2.40. The molecule has 0 amide bonds. The van der Waals surface area contributed by atoms with Crippen LogP contribution in [0.4, 0.5) is 0 Å². The molecule has 0 radical (unpaired) electrons. The van der Waals surface area contributed by atoms with Crippen LogP contribution in [-0.4, -0.2) is 71.1 Å². The number of carbonyl (C=O) groups is 2. The number of aliphatic carboxylic acids is 2. The standard InChI is InChI=1S/C19H33NO3.C2H2O4/c1-5-7-12-20(16(3)6-2)13-18(21)15-23-14-17-10-8-9-11-19(17)22-4;3-1(4)2(5)6/h8-11,16,18,21H,5-7,12-15H2,1-4H3;(H,3,4)(H,5,6). The van der Waals surface area contributed by atoms with Crippen molar-refractivity contribution in [1.82, 2.24) is 4.90 Å². The molecule has 0 aliphatic heterocycles. The van der Waals surface area contributed by atoms with Crippen molar-refractivity contribution in [3.63, 3.8) is 0 Å². The van der Waals surface area contributed by atoms with Gasteiger partial charge in [0.1, 0.15) is 5.75 Å². The summed E-state index contributed by atoms with van der Waals surface area (Å²) >= 11 is 0. The molecular weight excluding hydrogens is 378 g/mol. The zero-order valence-corrected chi connectivity index (χ0v) is 17.8. The maximum atomic E-state index is 10.3. The number of rotatable bonds is 12.